The molecule has 150 valence electrons. The predicted octanol–water partition coefficient (Wildman–Crippen LogP) is 6.17. The average molecular weight is 407 g/mol. The summed E-state index contributed by atoms with van der Waals surface area (Å²) in [5.74, 6) is 0.853. The van der Waals surface area contributed by atoms with Gasteiger partial charge in [-0.2, -0.15) is 0 Å². The number of benzene rings is 2. The fourth-order valence-electron chi connectivity index (χ4n) is 3.61. The van der Waals surface area contributed by atoms with Crippen LogP contribution in [0.15, 0.2) is 53.9 Å². The number of rotatable bonds is 7. The third kappa shape index (κ3) is 4.06. The number of hydrogen-bond donors (Lipinski definition) is 0. The summed E-state index contributed by atoms with van der Waals surface area (Å²) in [4.78, 5) is 19.7. The second kappa shape index (κ2) is 8.78. The number of fused-ring (bicyclic) bond motifs is 1. The van der Waals surface area contributed by atoms with E-state index in [-0.39, 0.29) is 12.0 Å². The van der Waals surface area contributed by atoms with E-state index in [4.69, 9.17) is 9.72 Å². The number of thiazole rings is 1. The maximum Gasteiger partial charge on any atom is 0.268 e. The molecule has 0 N–H and O–H groups in total. The number of unbranched alkanes of at least 4 members (excludes halogenated alkanes) is 2. The van der Waals surface area contributed by atoms with Crippen LogP contribution in [0.25, 0.3) is 21.8 Å². The number of carbonyl (C=O) groups is 1. The summed E-state index contributed by atoms with van der Waals surface area (Å²) in [5, 5.41) is 3.07. The Balaban J connectivity index is 1.66. The maximum absolute atomic E-state index is 12.9. The minimum absolute atomic E-state index is 0.0662. The van der Waals surface area contributed by atoms with Gasteiger partial charge in [0.2, 0.25) is 0 Å². The average Bonchev–Trinajstić information content (AvgIpc) is 3.26. The normalized spacial score (nSPS) is 15.9. The van der Waals surface area contributed by atoms with Crippen LogP contribution < -0.4 is 9.64 Å². The van der Waals surface area contributed by atoms with E-state index in [9.17, 15) is 4.79 Å². The van der Waals surface area contributed by atoms with Gasteiger partial charge in [0, 0.05) is 23.1 Å². The first-order valence-corrected chi connectivity index (χ1v) is 11.2. The lowest BCUT2D eigenvalue weighted by molar-refractivity contribution is -0.126. The highest BCUT2D eigenvalue weighted by molar-refractivity contribution is 7.13. The van der Waals surface area contributed by atoms with Gasteiger partial charge < -0.3 is 9.64 Å². The summed E-state index contributed by atoms with van der Waals surface area (Å²) in [7, 11) is 0. The number of hydrogen-bond acceptors (Lipinski definition) is 4. The number of nitrogens with zero attached hydrogens (tertiary/aromatic N) is 2. The van der Waals surface area contributed by atoms with Crippen LogP contribution in [-0.2, 0) is 4.79 Å². The smallest absolute Gasteiger partial charge is 0.268 e. The molecule has 1 unspecified atom stereocenters. The second-order valence-corrected chi connectivity index (χ2v) is 8.16. The van der Waals surface area contributed by atoms with Crippen LogP contribution in [0.3, 0.4) is 0 Å². The molecule has 0 spiro atoms. The monoisotopic (exact) mass is 406 g/mol. The van der Waals surface area contributed by atoms with Crippen molar-refractivity contribution in [1.82, 2.24) is 4.98 Å². The van der Waals surface area contributed by atoms with Gasteiger partial charge >= 0.3 is 0 Å². The van der Waals surface area contributed by atoms with Gasteiger partial charge in [0.15, 0.2) is 6.10 Å². The molecule has 1 aliphatic rings. The van der Waals surface area contributed by atoms with Crippen LogP contribution in [-0.4, -0.2) is 23.5 Å². The van der Waals surface area contributed by atoms with Gasteiger partial charge in [-0.05, 0) is 31.0 Å². The van der Waals surface area contributed by atoms with Crippen molar-refractivity contribution in [1.29, 1.82) is 0 Å². The summed E-state index contributed by atoms with van der Waals surface area (Å²) in [5.41, 5.74) is 3.92. The molecule has 1 aromatic heterocycles. The Morgan fingerprint density at radius 2 is 1.90 bits per heavy atom. The number of amides is 1. The van der Waals surface area contributed by atoms with E-state index < -0.39 is 0 Å². The van der Waals surface area contributed by atoms with E-state index in [1.807, 2.05) is 42.2 Å². The molecule has 4 rings (SSSR count). The third-order valence-electron chi connectivity index (χ3n) is 5.24. The molecule has 0 saturated carbocycles. The summed E-state index contributed by atoms with van der Waals surface area (Å²) in [6.07, 6.45) is 3.53. The van der Waals surface area contributed by atoms with Crippen molar-refractivity contribution in [3.8, 4) is 27.6 Å². The van der Waals surface area contributed by atoms with Crippen molar-refractivity contribution in [2.75, 3.05) is 11.4 Å². The Labute approximate surface area is 176 Å². The van der Waals surface area contributed by atoms with Crippen molar-refractivity contribution in [3.05, 3.63) is 53.9 Å². The molecule has 4 nitrogen and oxygen atoms in total. The molecule has 5 heteroatoms. The Morgan fingerprint density at radius 3 is 2.66 bits per heavy atom. The van der Waals surface area contributed by atoms with Crippen molar-refractivity contribution in [2.24, 2.45) is 0 Å². The zero-order chi connectivity index (χ0) is 20.2. The van der Waals surface area contributed by atoms with Crippen LogP contribution in [0, 0.1) is 0 Å². The molecule has 0 fully saturated rings. The number of anilines is 1. The molecule has 2 aromatic carbocycles. The van der Waals surface area contributed by atoms with Gasteiger partial charge in [0.25, 0.3) is 5.91 Å². The molecular weight excluding hydrogens is 380 g/mol. The lowest BCUT2D eigenvalue weighted by Crippen LogP contribution is -2.46. The van der Waals surface area contributed by atoms with Crippen LogP contribution >= 0.6 is 11.3 Å². The first kappa shape index (κ1) is 19.6. The van der Waals surface area contributed by atoms with Crippen LogP contribution in [0.2, 0.25) is 0 Å². The molecule has 2 heterocycles. The second-order valence-electron chi connectivity index (χ2n) is 7.30. The van der Waals surface area contributed by atoms with Gasteiger partial charge in [0.1, 0.15) is 10.8 Å². The molecule has 0 radical (unpaired) electrons. The molecule has 0 bridgehead atoms. The van der Waals surface area contributed by atoms with E-state index in [1.54, 1.807) is 11.3 Å². The molecule has 1 aliphatic heterocycles. The van der Waals surface area contributed by atoms with E-state index in [1.165, 1.54) is 0 Å². The molecule has 29 heavy (non-hydrogen) atoms. The van der Waals surface area contributed by atoms with E-state index in [2.05, 4.69) is 30.5 Å². The lowest BCUT2D eigenvalue weighted by Gasteiger charge is -2.34. The van der Waals surface area contributed by atoms with Gasteiger partial charge in [-0.1, -0.05) is 57.0 Å². The Bertz CT molecular complexity index is 984. The molecule has 1 amide bonds. The summed E-state index contributed by atoms with van der Waals surface area (Å²) in [6.45, 7) is 4.90. The highest BCUT2D eigenvalue weighted by Gasteiger charge is 2.33. The Hall–Kier alpha value is -2.66. The molecule has 3 aromatic rings. The van der Waals surface area contributed by atoms with Crippen LogP contribution in [0.1, 0.15) is 39.5 Å². The fraction of sp³-hybridized carbons (Fsp3) is 0.333. The number of carbonyl (C=O) groups excluding carboxylic acids is 1. The first-order chi connectivity index (χ1) is 14.2. The summed E-state index contributed by atoms with van der Waals surface area (Å²) >= 11 is 1.63. The first-order valence-electron chi connectivity index (χ1n) is 10.3. The topological polar surface area (TPSA) is 42.4 Å². The third-order valence-corrected chi connectivity index (χ3v) is 6.13. The molecule has 0 aliphatic carbocycles. The Morgan fingerprint density at radius 1 is 1.07 bits per heavy atom. The largest absolute Gasteiger partial charge is 0.478 e. The van der Waals surface area contributed by atoms with E-state index >= 15 is 0 Å². The predicted molar refractivity (Wildman–Crippen MR) is 120 cm³/mol. The van der Waals surface area contributed by atoms with E-state index in [0.717, 1.165) is 59.1 Å². The molecular formula is C24H26N2O2S. The highest BCUT2D eigenvalue weighted by Crippen LogP contribution is 2.39. The van der Waals surface area contributed by atoms with Crippen molar-refractivity contribution in [3.63, 3.8) is 0 Å². The quantitative estimate of drug-likeness (QED) is 0.441. The molecule has 0 saturated heterocycles. The van der Waals surface area contributed by atoms with Crippen LogP contribution in [0.5, 0.6) is 5.75 Å². The zero-order valence-electron chi connectivity index (χ0n) is 16.9. The number of aromatic nitrogens is 1. The SMILES string of the molecule is CCCCCN1C(=O)C(CC)Oc2ccc(-c3csc(-c4ccccc4)n3)cc21. The zero-order valence-corrected chi connectivity index (χ0v) is 17.7. The fourth-order valence-corrected chi connectivity index (χ4v) is 4.45. The van der Waals surface area contributed by atoms with Crippen molar-refractivity contribution < 1.29 is 9.53 Å². The van der Waals surface area contributed by atoms with Gasteiger partial charge in [-0.3, -0.25) is 4.79 Å². The van der Waals surface area contributed by atoms with Gasteiger partial charge in [-0.15, -0.1) is 11.3 Å². The minimum atomic E-state index is -0.390. The van der Waals surface area contributed by atoms with Crippen LogP contribution in [0.4, 0.5) is 5.69 Å². The van der Waals surface area contributed by atoms with Crippen molar-refractivity contribution >= 4 is 22.9 Å². The maximum atomic E-state index is 12.9. The standard InChI is InChI=1S/C24H26N2O2S/c1-3-5-9-14-26-20-15-18(12-13-22(20)28-21(4-2)24(26)27)19-16-29-23(25-19)17-10-7-6-8-11-17/h6-8,10-13,15-16,21H,3-5,9,14H2,1-2H3. The minimum Gasteiger partial charge on any atom is -0.478 e. The summed E-state index contributed by atoms with van der Waals surface area (Å²) < 4.78 is 5.99. The lowest BCUT2D eigenvalue weighted by atomic mass is 10.1. The summed E-state index contributed by atoms with van der Waals surface area (Å²) in [6, 6.07) is 16.3. The van der Waals surface area contributed by atoms with Gasteiger partial charge in [0.05, 0.1) is 11.4 Å². The Kier molecular flexibility index (Phi) is 5.95. The number of ether oxygens (including phenoxy) is 1. The van der Waals surface area contributed by atoms with Crippen molar-refractivity contribution in [2.45, 2.75) is 45.6 Å². The highest BCUT2D eigenvalue weighted by atomic mass is 32.1. The van der Waals surface area contributed by atoms with Gasteiger partial charge in [-0.25, -0.2) is 4.98 Å². The molecule has 1 atom stereocenters. The van der Waals surface area contributed by atoms with E-state index in [0.29, 0.717) is 6.42 Å².